The first-order valence-corrected chi connectivity index (χ1v) is 9.17. The highest BCUT2D eigenvalue weighted by atomic mass is 19.1. The molecule has 8 heteroatoms. The molecule has 3 aliphatic heterocycles. The zero-order chi connectivity index (χ0) is 19.6. The van der Waals surface area contributed by atoms with Crippen molar-refractivity contribution in [2.24, 2.45) is 5.41 Å². The lowest BCUT2D eigenvalue weighted by Crippen LogP contribution is -2.71. The molecule has 1 spiro atoms. The number of likely N-dealkylation sites (tertiary alicyclic amines) is 1. The van der Waals surface area contributed by atoms with Crippen molar-refractivity contribution in [1.29, 1.82) is 0 Å². The van der Waals surface area contributed by atoms with E-state index in [1.165, 1.54) is 17.9 Å². The molecule has 3 fully saturated rings. The Morgan fingerprint density at radius 2 is 2.00 bits per heavy atom. The average Bonchev–Trinajstić information content (AvgIpc) is 2.92. The number of anilines is 2. The molecule has 0 saturated carbocycles. The Hall–Kier alpha value is -2.19. The van der Waals surface area contributed by atoms with Gasteiger partial charge in [0.05, 0.1) is 17.9 Å². The molecule has 4 rings (SSSR count). The van der Waals surface area contributed by atoms with E-state index in [4.69, 9.17) is 9.53 Å². The highest BCUT2D eigenvalue weighted by Gasteiger charge is 2.50. The number of benzene rings is 1. The molecule has 3 heterocycles. The Kier molecular flexibility index (Phi) is 5.67. The van der Waals surface area contributed by atoms with Crippen LogP contribution >= 0.6 is 0 Å². The van der Waals surface area contributed by atoms with Gasteiger partial charge < -0.3 is 24.6 Å². The monoisotopic (exact) mass is 378 g/mol. The van der Waals surface area contributed by atoms with Gasteiger partial charge in [0.2, 0.25) is 0 Å². The van der Waals surface area contributed by atoms with Crippen molar-refractivity contribution in [3.8, 4) is 0 Å². The predicted molar refractivity (Wildman–Crippen MR) is 102 cm³/mol. The first-order chi connectivity index (χ1) is 12.9. The minimum absolute atomic E-state index is 0.198. The summed E-state index contributed by atoms with van der Waals surface area (Å²) in [5.74, 6) is -0.278. The average molecular weight is 378 g/mol. The van der Waals surface area contributed by atoms with Gasteiger partial charge in [-0.1, -0.05) is 0 Å². The zero-order valence-electron chi connectivity index (χ0n) is 16.1. The third kappa shape index (κ3) is 3.91. The molecule has 1 atom stereocenters. The number of carbonyl (C=O) groups excluding carboxylic acids is 2. The van der Waals surface area contributed by atoms with E-state index in [1.807, 2.05) is 7.05 Å². The maximum Gasteiger partial charge on any atom is 0.414 e. The number of hydrogen-bond acceptors (Lipinski definition) is 6. The summed E-state index contributed by atoms with van der Waals surface area (Å²) < 4.78 is 19.8. The predicted octanol–water partition coefficient (Wildman–Crippen LogP) is 1.33. The van der Waals surface area contributed by atoms with Crippen molar-refractivity contribution in [2.45, 2.75) is 13.0 Å². The van der Waals surface area contributed by atoms with Crippen molar-refractivity contribution in [2.75, 3.05) is 63.2 Å². The minimum atomic E-state index is -0.414. The van der Waals surface area contributed by atoms with Crippen LogP contribution < -0.4 is 15.1 Å². The van der Waals surface area contributed by atoms with Crippen LogP contribution in [0.2, 0.25) is 0 Å². The third-order valence-electron chi connectivity index (χ3n) is 5.15. The van der Waals surface area contributed by atoms with Crippen LogP contribution in [-0.4, -0.2) is 76.7 Å². The fourth-order valence-corrected chi connectivity index (χ4v) is 4.22. The highest BCUT2D eigenvalue weighted by Crippen LogP contribution is 2.42. The molecule has 1 unspecified atom stereocenters. The number of ether oxygens (including phenoxy) is 1. The first-order valence-electron chi connectivity index (χ1n) is 9.17. The Labute approximate surface area is 159 Å². The normalized spacial score (nSPS) is 23.3. The van der Waals surface area contributed by atoms with E-state index < -0.39 is 6.09 Å². The van der Waals surface area contributed by atoms with E-state index in [2.05, 4.69) is 22.2 Å². The number of nitrogens with one attached hydrogen (secondary N) is 1. The van der Waals surface area contributed by atoms with Crippen molar-refractivity contribution in [1.82, 2.24) is 10.2 Å². The van der Waals surface area contributed by atoms with Gasteiger partial charge in [0, 0.05) is 38.1 Å². The number of carbonyl (C=O) groups is 2. The molecule has 0 bridgehead atoms. The van der Waals surface area contributed by atoms with Gasteiger partial charge in [-0.2, -0.15) is 0 Å². The van der Waals surface area contributed by atoms with E-state index in [1.54, 1.807) is 12.1 Å². The van der Waals surface area contributed by atoms with Gasteiger partial charge in [0.15, 0.2) is 0 Å². The van der Waals surface area contributed by atoms with Crippen LogP contribution in [0.25, 0.3) is 0 Å². The first kappa shape index (κ1) is 19.6. The maximum absolute atomic E-state index is 14.6. The molecule has 3 saturated heterocycles. The molecule has 27 heavy (non-hydrogen) atoms. The molecular weight excluding hydrogens is 351 g/mol. The smallest absolute Gasteiger partial charge is 0.414 e. The van der Waals surface area contributed by atoms with E-state index in [-0.39, 0.29) is 11.9 Å². The molecule has 1 amide bonds. The lowest BCUT2D eigenvalue weighted by molar-refractivity contribution is -0.106. The third-order valence-corrected chi connectivity index (χ3v) is 5.15. The SMILES string of the molecule is CC=O.CNCC1CN(c2ccc(N3CC4(CN(C)C4)C3)c(F)c2)C(=O)O1. The van der Waals surface area contributed by atoms with Crippen LogP contribution in [0.15, 0.2) is 18.2 Å². The van der Waals surface area contributed by atoms with Crippen LogP contribution in [0.4, 0.5) is 20.6 Å². The topological polar surface area (TPSA) is 65.1 Å². The van der Waals surface area contributed by atoms with Crippen molar-refractivity contribution < 1.29 is 18.7 Å². The fraction of sp³-hybridized carbons (Fsp3) is 0.579. The van der Waals surface area contributed by atoms with Crippen LogP contribution in [0.1, 0.15) is 6.92 Å². The number of cyclic esters (lactones) is 1. The number of rotatable bonds is 4. The summed E-state index contributed by atoms with van der Waals surface area (Å²) in [5.41, 5.74) is 1.54. The maximum atomic E-state index is 14.6. The van der Waals surface area contributed by atoms with Gasteiger partial charge in [0.1, 0.15) is 18.2 Å². The quantitative estimate of drug-likeness (QED) is 0.798. The molecule has 0 aliphatic carbocycles. The summed E-state index contributed by atoms with van der Waals surface area (Å²) >= 11 is 0. The lowest BCUT2D eigenvalue weighted by Gasteiger charge is -2.60. The van der Waals surface area contributed by atoms with Gasteiger partial charge in [-0.15, -0.1) is 0 Å². The van der Waals surface area contributed by atoms with Gasteiger partial charge in [-0.3, -0.25) is 4.90 Å². The molecule has 7 nitrogen and oxygen atoms in total. The largest absolute Gasteiger partial charge is 0.443 e. The molecule has 1 aromatic carbocycles. The van der Waals surface area contributed by atoms with Crippen molar-refractivity contribution >= 4 is 23.8 Å². The van der Waals surface area contributed by atoms with E-state index in [0.29, 0.717) is 29.9 Å². The lowest BCUT2D eigenvalue weighted by atomic mass is 9.73. The van der Waals surface area contributed by atoms with Crippen molar-refractivity contribution in [3.05, 3.63) is 24.0 Å². The summed E-state index contributed by atoms with van der Waals surface area (Å²) in [7, 11) is 3.92. The summed E-state index contributed by atoms with van der Waals surface area (Å²) in [6.07, 6.45) is 0.138. The van der Waals surface area contributed by atoms with Crippen molar-refractivity contribution in [3.63, 3.8) is 0 Å². The van der Waals surface area contributed by atoms with Gasteiger partial charge in [0.25, 0.3) is 0 Å². The van der Waals surface area contributed by atoms with Crippen LogP contribution in [-0.2, 0) is 9.53 Å². The van der Waals surface area contributed by atoms with E-state index in [0.717, 1.165) is 32.5 Å². The van der Waals surface area contributed by atoms with Crippen LogP contribution in [0.5, 0.6) is 0 Å². The molecule has 1 aromatic rings. The number of nitrogens with zero attached hydrogens (tertiary/aromatic N) is 3. The standard InChI is InChI=1S/C17H23FN4O2.C2H4O/c1-19-6-13-7-22(16(23)24-13)12-3-4-15(14(18)5-12)21-10-17(11-21)8-20(2)9-17;1-2-3/h3-5,13,19H,6-11H2,1-2H3;2H,1H3. The van der Waals surface area contributed by atoms with Gasteiger partial charge >= 0.3 is 6.09 Å². The van der Waals surface area contributed by atoms with Crippen LogP contribution in [0.3, 0.4) is 0 Å². The number of aldehydes is 1. The number of amides is 1. The van der Waals surface area contributed by atoms with Gasteiger partial charge in [-0.05, 0) is 39.2 Å². The second kappa shape index (κ2) is 7.82. The highest BCUT2D eigenvalue weighted by molar-refractivity contribution is 5.90. The van der Waals surface area contributed by atoms with E-state index in [9.17, 15) is 9.18 Å². The Morgan fingerprint density at radius 3 is 2.56 bits per heavy atom. The molecule has 3 aliphatic rings. The Bertz CT molecular complexity index is 700. The molecule has 148 valence electrons. The second-order valence-electron chi connectivity index (χ2n) is 7.57. The van der Waals surface area contributed by atoms with Crippen LogP contribution in [0, 0.1) is 11.2 Å². The number of likely N-dealkylation sites (N-methyl/N-ethyl adjacent to an activating group) is 1. The summed E-state index contributed by atoms with van der Waals surface area (Å²) in [5, 5.41) is 2.99. The number of hydrogen-bond donors (Lipinski definition) is 1. The van der Waals surface area contributed by atoms with Gasteiger partial charge in [-0.25, -0.2) is 9.18 Å². The molecular formula is C19H27FN4O3. The fourth-order valence-electron chi connectivity index (χ4n) is 4.22. The van der Waals surface area contributed by atoms with E-state index >= 15 is 0 Å². The summed E-state index contributed by atoms with van der Waals surface area (Å²) in [6.45, 7) is 6.48. The minimum Gasteiger partial charge on any atom is -0.443 e. The Balaban J connectivity index is 0.000000659. The second-order valence-corrected chi connectivity index (χ2v) is 7.57. The zero-order valence-corrected chi connectivity index (χ0v) is 16.1. The molecule has 0 aromatic heterocycles. The molecule has 0 radical (unpaired) electrons. The summed E-state index contributed by atoms with van der Waals surface area (Å²) in [6, 6.07) is 5.02. The Morgan fingerprint density at radius 1 is 1.33 bits per heavy atom. The summed E-state index contributed by atoms with van der Waals surface area (Å²) in [4.78, 5) is 26.6. The number of halogens is 1. The molecule has 1 N–H and O–H groups in total.